The van der Waals surface area contributed by atoms with Gasteiger partial charge in [-0.3, -0.25) is 4.79 Å². The van der Waals surface area contributed by atoms with Gasteiger partial charge in [-0.25, -0.2) is 0 Å². The number of benzene rings is 1. The number of nitrogens with one attached hydrogen (secondary N) is 1. The maximum Gasteiger partial charge on any atom is 0.169 e. The van der Waals surface area contributed by atoms with Crippen LogP contribution in [0.1, 0.15) is 49.4 Å². The molecule has 0 aliphatic carbocycles. The van der Waals surface area contributed by atoms with Gasteiger partial charge in [0.25, 0.3) is 0 Å². The van der Waals surface area contributed by atoms with Crippen LogP contribution in [-0.2, 0) is 0 Å². The quantitative estimate of drug-likeness (QED) is 0.796. The Balaban J connectivity index is 2.27. The molecular weight excluding hydrogens is 293 g/mol. The van der Waals surface area contributed by atoms with E-state index in [-0.39, 0.29) is 11.2 Å². The van der Waals surface area contributed by atoms with Crippen LogP contribution >= 0.6 is 23.2 Å². The number of carbonyl (C=O) groups excluding carboxylic acids is 1. The summed E-state index contributed by atoms with van der Waals surface area (Å²) >= 11 is 12.0. The van der Waals surface area contributed by atoms with Crippen LogP contribution in [0.4, 0.5) is 0 Å². The first-order valence-electron chi connectivity index (χ1n) is 7.29. The number of rotatable bonds is 5. The number of Topliss-reactive ketones (excluding diaryl/α,β-unsaturated/α-hetero) is 1. The van der Waals surface area contributed by atoms with Gasteiger partial charge in [0, 0.05) is 11.0 Å². The molecule has 0 aromatic heterocycles. The Morgan fingerprint density at radius 2 is 1.95 bits per heavy atom. The summed E-state index contributed by atoms with van der Waals surface area (Å²) in [6.07, 6.45) is 4.99. The molecule has 0 amide bonds. The van der Waals surface area contributed by atoms with Gasteiger partial charge in [0.15, 0.2) is 5.78 Å². The van der Waals surface area contributed by atoms with Crippen LogP contribution in [0.3, 0.4) is 0 Å². The fourth-order valence-corrected chi connectivity index (χ4v) is 3.25. The second-order valence-electron chi connectivity index (χ2n) is 5.59. The van der Waals surface area contributed by atoms with Crippen molar-refractivity contribution in [2.75, 3.05) is 13.1 Å². The first kappa shape index (κ1) is 15.8. The number of unbranched alkanes of at least 4 members (excludes halogenated alkanes) is 1. The van der Waals surface area contributed by atoms with E-state index < -0.39 is 0 Å². The van der Waals surface area contributed by atoms with Crippen LogP contribution in [0, 0.1) is 5.41 Å². The van der Waals surface area contributed by atoms with Crippen LogP contribution in [0.25, 0.3) is 0 Å². The largest absolute Gasteiger partial charge is 0.317 e. The van der Waals surface area contributed by atoms with Gasteiger partial charge in [-0.1, -0.05) is 43.0 Å². The smallest absolute Gasteiger partial charge is 0.169 e. The Bertz CT molecular complexity index is 481. The zero-order chi connectivity index (χ0) is 14.6. The van der Waals surface area contributed by atoms with Gasteiger partial charge in [-0.2, -0.15) is 0 Å². The molecule has 0 saturated carbocycles. The summed E-state index contributed by atoms with van der Waals surface area (Å²) in [4.78, 5) is 13.0. The molecule has 2 rings (SSSR count). The van der Waals surface area contributed by atoms with Gasteiger partial charge in [-0.15, -0.1) is 0 Å². The lowest BCUT2D eigenvalue weighted by Gasteiger charge is -2.36. The fraction of sp³-hybridized carbons (Fsp3) is 0.562. The Kier molecular flexibility index (Phi) is 5.48. The Morgan fingerprint density at radius 3 is 2.55 bits per heavy atom. The summed E-state index contributed by atoms with van der Waals surface area (Å²) in [5.41, 5.74) is 0.468. The topological polar surface area (TPSA) is 29.1 Å². The summed E-state index contributed by atoms with van der Waals surface area (Å²) in [5, 5.41) is 4.30. The fourth-order valence-electron chi connectivity index (χ4n) is 2.95. The van der Waals surface area contributed by atoms with E-state index in [1.54, 1.807) is 18.2 Å². The van der Waals surface area contributed by atoms with E-state index in [4.69, 9.17) is 23.2 Å². The van der Waals surface area contributed by atoms with Gasteiger partial charge in [0.1, 0.15) is 0 Å². The van der Waals surface area contributed by atoms with Crippen molar-refractivity contribution in [1.82, 2.24) is 5.32 Å². The monoisotopic (exact) mass is 313 g/mol. The third-order valence-corrected chi connectivity index (χ3v) is 4.97. The first-order valence-corrected chi connectivity index (χ1v) is 8.05. The van der Waals surface area contributed by atoms with E-state index in [1.165, 1.54) is 0 Å². The van der Waals surface area contributed by atoms with Crippen molar-refractivity contribution < 1.29 is 4.79 Å². The van der Waals surface area contributed by atoms with Crippen molar-refractivity contribution in [3.05, 3.63) is 33.8 Å². The highest BCUT2D eigenvalue weighted by Gasteiger charge is 2.39. The third kappa shape index (κ3) is 3.36. The molecule has 1 heterocycles. The molecule has 20 heavy (non-hydrogen) atoms. The second-order valence-corrected chi connectivity index (χ2v) is 6.41. The average molecular weight is 314 g/mol. The molecule has 0 spiro atoms. The summed E-state index contributed by atoms with van der Waals surface area (Å²) in [6.45, 7) is 3.99. The van der Waals surface area contributed by atoms with Crippen LogP contribution in [-0.4, -0.2) is 18.9 Å². The average Bonchev–Trinajstić information content (AvgIpc) is 2.48. The van der Waals surface area contributed by atoms with E-state index in [1.807, 2.05) is 0 Å². The predicted molar refractivity (Wildman–Crippen MR) is 84.9 cm³/mol. The molecule has 0 unspecified atom stereocenters. The third-order valence-electron chi connectivity index (χ3n) is 4.23. The maximum atomic E-state index is 13.0. The zero-order valence-corrected chi connectivity index (χ0v) is 13.4. The van der Waals surface area contributed by atoms with Gasteiger partial charge in [0.05, 0.1) is 10.0 Å². The highest BCUT2D eigenvalue weighted by molar-refractivity contribution is 6.42. The molecule has 110 valence electrons. The minimum Gasteiger partial charge on any atom is -0.317 e. The molecule has 0 bridgehead atoms. The molecule has 1 N–H and O–H groups in total. The minimum absolute atomic E-state index is 0.224. The lowest BCUT2D eigenvalue weighted by molar-refractivity contribution is 0.0701. The number of hydrogen-bond acceptors (Lipinski definition) is 2. The van der Waals surface area contributed by atoms with Crippen molar-refractivity contribution in [3.63, 3.8) is 0 Å². The molecule has 0 radical (unpaired) electrons. The first-order chi connectivity index (χ1) is 9.59. The second kappa shape index (κ2) is 6.93. The van der Waals surface area contributed by atoms with Crippen LogP contribution in [0.2, 0.25) is 10.0 Å². The lowest BCUT2D eigenvalue weighted by atomic mass is 9.70. The number of halogens is 2. The van der Waals surface area contributed by atoms with Crippen molar-refractivity contribution in [2.45, 2.75) is 39.0 Å². The summed E-state index contributed by atoms with van der Waals surface area (Å²) in [5.74, 6) is 0.228. The molecule has 1 aromatic rings. The Labute approximate surface area is 130 Å². The van der Waals surface area contributed by atoms with Crippen molar-refractivity contribution in [2.24, 2.45) is 5.41 Å². The Morgan fingerprint density at radius 1 is 1.25 bits per heavy atom. The maximum absolute atomic E-state index is 13.0. The summed E-state index contributed by atoms with van der Waals surface area (Å²) in [7, 11) is 0. The molecule has 0 atom stereocenters. The van der Waals surface area contributed by atoms with Crippen molar-refractivity contribution in [3.8, 4) is 0 Å². The summed E-state index contributed by atoms with van der Waals surface area (Å²) < 4.78 is 0. The van der Waals surface area contributed by atoms with Gasteiger partial charge in [-0.05, 0) is 50.6 Å². The van der Waals surface area contributed by atoms with Crippen LogP contribution in [0.5, 0.6) is 0 Å². The summed E-state index contributed by atoms with van der Waals surface area (Å²) in [6, 6.07) is 5.22. The molecule has 2 nitrogen and oxygen atoms in total. The van der Waals surface area contributed by atoms with Gasteiger partial charge >= 0.3 is 0 Å². The molecule has 1 aromatic carbocycles. The van der Waals surface area contributed by atoms with E-state index in [2.05, 4.69) is 12.2 Å². The Hall–Kier alpha value is -0.570. The molecule has 1 aliphatic rings. The molecule has 1 saturated heterocycles. The van der Waals surface area contributed by atoms with E-state index in [9.17, 15) is 4.79 Å². The highest BCUT2D eigenvalue weighted by atomic mass is 35.5. The predicted octanol–water partition coefficient (Wildman–Crippen LogP) is 4.74. The minimum atomic E-state index is -0.224. The number of piperidine rings is 1. The van der Waals surface area contributed by atoms with Gasteiger partial charge < -0.3 is 5.32 Å². The molecular formula is C16H21Cl2NO. The van der Waals surface area contributed by atoms with Crippen LogP contribution in [0.15, 0.2) is 18.2 Å². The normalized spacial score (nSPS) is 17.9. The van der Waals surface area contributed by atoms with E-state index in [0.717, 1.165) is 45.2 Å². The van der Waals surface area contributed by atoms with Crippen LogP contribution < -0.4 is 5.32 Å². The van der Waals surface area contributed by atoms with Crippen molar-refractivity contribution in [1.29, 1.82) is 0 Å². The standard InChI is InChI=1S/C16H21Cl2NO/c1-2-3-6-16(7-9-19-10-8-16)15(20)12-4-5-13(17)14(18)11-12/h4-5,11,19H,2-3,6-10H2,1H3. The van der Waals surface area contributed by atoms with Gasteiger partial charge in [0.2, 0.25) is 0 Å². The molecule has 1 fully saturated rings. The number of carbonyl (C=O) groups is 1. The van der Waals surface area contributed by atoms with Crippen molar-refractivity contribution >= 4 is 29.0 Å². The van der Waals surface area contributed by atoms with E-state index >= 15 is 0 Å². The molecule has 4 heteroatoms. The number of ketones is 1. The van der Waals surface area contributed by atoms with E-state index in [0.29, 0.717) is 15.6 Å². The highest BCUT2D eigenvalue weighted by Crippen LogP contribution is 2.38. The zero-order valence-electron chi connectivity index (χ0n) is 11.8. The number of hydrogen-bond donors (Lipinski definition) is 1. The lowest BCUT2D eigenvalue weighted by Crippen LogP contribution is -2.42. The molecule has 1 aliphatic heterocycles. The SMILES string of the molecule is CCCCC1(C(=O)c2ccc(Cl)c(Cl)c2)CCNCC1.